The number of halogens is 2. The van der Waals surface area contributed by atoms with Crippen LogP contribution < -0.4 is 16.2 Å². The number of anilines is 2. The van der Waals surface area contributed by atoms with Crippen LogP contribution in [-0.4, -0.2) is 5.11 Å². The summed E-state index contributed by atoms with van der Waals surface area (Å²) in [5, 5.41) is 4.74. The normalized spacial score (nSPS) is 9.79. The molecule has 0 aromatic heterocycles. The van der Waals surface area contributed by atoms with E-state index < -0.39 is 0 Å². The maximum absolute atomic E-state index is 6.00. The van der Waals surface area contributed by atoms with Crippen LogP contribution in [0.1, 0.15) is 0 Å². The van der Waals surface area contributed by atoms with E-state index in [1.165, 1.54) is 0 Å². The molecule has 0 unspecified atom stereocenters. The van der Waals surface area contributed by atoms with Gasteiger partial charge in [-0.25, -0.2) is 0 Å². The molecule has 3 nitrogen and oxygen atoms in total. The van der Waals surface area contributed by atoms with E-state index in [1.54, 1.807) is 18.2 Å². The summed E-state index contributed by atoms with van der Waals surface area (Å²) in [5.41, 5.74) is 7.39. The number of hydrogen-bond donors (Lipinski definition) is 3. The van der Waals surface area contributed by atoms with Gasteiger partial charge in [0.25, 0.3) is 0 Å². The van der Waals surface area contributed by atoms with Gasteiger partial charge in [-0.1, -0.05) is 35.3 Å². The van der Waals surface area contributed by atoms with Crippen molar-refractivity contribution < 1.29 is 0 Å². The smallest absolute Gasteiger partial charge is 0.189 e. The zero-order chi connectivity index (χ0) is 13.7. The Morgan fingerprint density at radius 2 is 1.63 bits per heavy atom. The minimum atomic E-state index is 0.433. The van der Waals surface area contributed by atoms with Crippen LogP contribution in [0.5, 0.6) is 0 Å². The summed E-state index contributed by atoms with van der Waals surface area (Å²) in [6, 6.07) is 14.6. The van der Waals surface area contributed by atoms with E-state index >= 15 is 0 Å². The number of thiocarbonyl (C=S) groups is 1. The number of rotatable bonds is 3. The molecule has 19 heavy (non-hydrogen) atoms. The van der Waals surface area contributed by atoms with E-state index in [9.17, 15) is 0 Å². The minimum Gasteiger partial charge on any atom is -0.331 e. The van der Waals surface area contributed by atoms with Crippen molar-refractivity contribution in [1.29, 1.82) is 0 Å². The van der Waals surface area contributed by atoms with Crippen LogP contribution in [-0.2, 0) is 0 Å². The standard InChI is InChI=1S/C13H11Cl2N3S/c14-9-5-7-10(8-6-9)16-13(19)18-17-12-4-2-1-3-11(12)15/h1-8,17H,(H2,16,18,19). The molecule has 6 heteroatoms. The first kappa shape index (κ1) is 13.9. The average molecular weight is 312 g/mol. The van der Waals surface area contributed by atoms with Crippen LogP contribution in [0.15, 0.2) is 48.5 Å². The van der Waals surface area contributed by atoms with Gasteiger partial charge in [0.1, 0.15) is 0 Å². The van der Waals surface area contributed by atoms with E-state index in [4.69, 9.17) is 35.4 Å². The van der Waals surface area contributed by atoms with Crippen LogP contribution in [0, 0.1) is 0 Å². The maximum atomic E-state index is 6.00. The van der Waals surface area contributed by atoms with Crippen molar-refractivity contribution in [2.45, 2.75) is 0 Å². The highest BCUT2D eigenvalue weighted by atomic mass is 35.5. The first-order chi connectivity index (χ1) is 9.15. The van der Waals surface area contributed by atoms with Crippen LogP contribution in [0.25, 0.3) is 0 Å². The molecule has 0 saturated carbocycles. The van der Waals surface area contributed by atoms with Crippen molar-refractivity contribution in [2.24, 2.45) is 0 Å². The van der Waals surface area contributed by atoms with Gasteiger partial charge in [-0.3, -0.25) is 10.9 Å². The number of hydrogen-bond acceptors (Lipinski definition) is 2. The van der Waals surface area contributed by atoms with Gasteiger partial charge in [0, 0.05) is 10.7 Å². The van der Waals surface area contributed by atoms with Gasteiger partial charge in [0.2, 0.25) is 0 Å². The molecule has 0 saturated heterocycles. The zero-order valence-electron chi connectivity index (χ0n) is 9.78. The SMILES string of the molecule is S=C(NNc1ccccc1Cl)Nc1ccc(Cl)cc1. The Bertz CT molecular complexity index is 572. The molecule has 0 aliphatic rings. The van der Waals surface area contributed by atoms with Crippen LogP contribution in [0.2, 0.25) is 10.0 Å². The molecule has 0 fully saturated rings. The van der Waals surface area contributed by atoms with Crippen LogP contribution in [0.4, 0.5) is 11.4 Å². The fourth-order valence-corrected chi connectivity index (χ4v) is 1.86. The first-order valence-corrected chi connectivity index (χ1v) is 6.64. The lowest BCUT2D eigenvalue weighted by Crippen LogP contribution is -2.33. The molecular formula is C13H11Cl2N3S. The van der Waals surface area contributed by atoms with E-state index in [2.05, 4.69) is 16.2 Å². The van der Waals surface area contributed by atoms with Crippen molar-refractivity contribution in [1.82, 2.24) is 5.43 Å². The third-order valence-electron chi connectivity index (χ3n) is 2.29. The molecule has 0 aliphatic carbocycles. The summed E-state index contributed by atoms with van der Waals surface area (Å²) in [5.74, 6) is 0. The lowest BCUT2D eigenvalue weighted by Gasteiger charge is -2.13. The zero-order valence-corrected chi connectivity index (χ0v) is 12.1. The van der Waals surface area contributed by atoms with Gasteiger partial charge in [-0.15, -0.1) is 0 Å². The topological polar surface area (TPSA) is 36.1 Å². The molecule has 2 rings (SSSR count). The maximum Gasteiger partial charge on any atom is 0.189 e. The van der Waals surface area contributed by atoms with Gasteiger partial charge < -0.3 is 5.32 Å². The highest BCUT2D eigenvalue weighted by molar-refractivity contribution is 7.80. The molecule has 0 bridgehead atoms. The Labute approximate surface area is 126 Å². The van der Waals surface area contributed by atoms with Crippen molar-refractivity contribution in [3.05, 3.63) is 58.6 Å². The van der Waals surface area contributed by atoms with Crippen molar-refractivity contribution in [3.8, 4) is 0 Å². The Morgan fingerprint density at radius 3 is 2.32 bits per heavy atom. The van der Waals surface area contributed by atoms with Gasteiger partial charge >= 0.3 is 0 Å². The average Bonchev–Trinajstić information content (AvgIpc) is 2.40. The fourth-order valence-electron chi connectivity index (χ4n) is 1.38. The summed E-state index contributed by atoms with van der Waals surface area (Å²) < 4.78 is 0. The van der Waals surface area contributed by atoms with Crippen molar-refractivity contribution in [3.63, 3.8) is 0 Å². The number of nitrogens with one attached hydrogen (secondary N) is 3. The molecule has 0 amide bonds. The second-order valence-corrected chi connectivity index (χ2v) is 4.94. The summed E-state index contributed by atoms with van der Waals surface area (Å²) in [7, 11) is 0. The summed E-state index contributed by atoms with van der Waals surface area (Å²) in [6.45, 7) is 0. The predicted octanol–water partition coefficient (Wildman–Crippen LogP) is 4.31. The Kier molecular flexibility index (Phi) is 4.85. The van der Waals surface area contributed by atoms with E-state index in [1.807, 2.05) is 30.3 Å². The minimum absolute atomic E-state index is 0.433. The Hall–Kier alpha value is -1.49. The molecular weight excluding hydrogens is 301 g/mol. The second-order valence-electron chi connectivity index (χ2n) is 3.69. The van der Waals surface area contributed by atoms with Gasteiger partial charge in [-0.2, -0.15) is 0 Å². The van der Waals surface area contributed by atoms with Crippen LogP contribution in [0.3, 0.4) is 0 Å². The fraction of sp³-hybridized carbons (Fsp3) is 0. The predicted molar refractivity (Wildman–Crippen MR) is 85.9 cm³/mol. The lowest BCUT2D eigenvalue weighted by atomic mass is 10.3. The third kappa shape index (κ3) is 4.28. The quantitative estimate of drug-likeness (QED) is 0.583. The highest BCUT2D eigenvalue weighted by Gasteiger charge is 2.00. The molecule has 2 aromatic carbocycles. The molecule has 0 radical (unpaired) electrons. The van der Waals surface area contributed by atoms with Gasteiger partial charge in [0.05, 0.1) is 10.7 Å². The molecule has 0 atom stereocenters. The van der Waals surface area contributed by atoms with Crippen LogP contribution >= 0.6 is 35.4 Å². The molecule has 0 aliphatic heterocycles. The highest BCUT2D eigenvalue weighted by Crippen LogP contribution is 2.19. The van der Waals surface area contributed by atoms with E-state index in [-0.39, 0.29) is 0 Å². The molecule has 0 spiro atoms. The van der Waals surface area contributed by atoms with Gasteiger partial charge in [0.15, 0.2) is 5.11 Å². The number of hydrazine groups is 1. The first-order valence-electron chi connectivity index (χ1n) is 5.48. The molecule has 0 heterocycles. The van der Waals surface area contributed by atoms with Gasteiger partial charge in [-0.05, 0) is 48.6 Å². The van der Waals surface area contributed by atoms with Crippen molar-refractivity contribution >= 4 is 51.9 Å². The van der Waals surface area contributed by atoms with Crippen molar-refractivity contribution in [2.75, 3.05) is 10.7 Å². The molecule has 3 N–H and O–H groups in total. The number of benzene rings is 2. The summed E-state index contributed by atoms with van der Waals surface area (Å²) in [4.78, 5) is 0. The van der Waals surface area contributed by atoms with E-state index in [0.717, 1.165) is 11.4 Å². The monoisotopic (exact) mass is 311 g/mol. The summed E-state index contributed by atoms with van der Waals surface area (Å²) in [6.07, 6.45) is 0. The summed E-state index contributed by atoms with van der Waals surface area (Å²) >= 11 is 17.0. The molecule has 2 aromatic rings. The third-order valence-corrected chi connectivity index (χ3v) is 3.07. The lowest BCUT2D eigenvalue weighted by molar-refractivity contribution is 1.14. The Balaban J connectivity index is 1.88. The number of para-hydroxylation sites is 1. The van der Waals surface area contributed by atoms with E-state index in [0.29, 0.717) is 15.2 Å². The Morgan fingerprint density at radius 1 is 0.947 bits per heavy atom. The second kappa shape index (κ2) is 6.61. The molecule has 98 valence electrons. The largest absolute Gasteiger partial charge is 0.331 e.